The molecule has 0 saturated heterocycles. The van der Waals surface area contributed by atoms with Crippen molar-refractivity contribution < 1.29 is 22.7 Å². The van der Waals surface area contributed by atoms with Crippen molar-refractivity contribution in [3.8, 4) is 5.75 Å². The van der Waals surface area contributed by atoms with Crippen LogP contribution >= 0.6 is 28.6 Å². The highest BCUT2D eigenvalue weighted by Gasteiger charge is 2.31. The van der Waals surface area contributed by atoms with E-state index in [1.807, 2.05) is 0 Å². The Morgan fingerprint density at radius 1 is 1.47 bits per heavy atom. The van der Waals surface area contributed by atoms with Gasteiger partial charge in [-0.1, -0.05) is 15.9 Å². The summed E-state index contributed by atoms with van der Waals surface area (Å²) in [5, 5.41) is 0. The maximum Gasteiger partial charge on any atom is 0.573 e. The molecule has 1 unspecified atom stereocenters. The van der Waals surface area contributed by atoms with Gasteiger partial charge in [-0.15, -0.1) is 25.8 Å². The number of halogens is 4. The lowest BCUT2D eigenvalue weighted by Gasteiger charge is -2.11. The molecule has 0 heterocycles. The molecule has 7 heteroatoms. The third-order valence-electron chi connectivity index (χ3n) is 1.83. The van der Waals surface area contributed by atoms with E-state index in [1.165, 1.54) is 6.07 Å². The highest BCUT2D eigenvalue weighted by atomic mass is 79.9. The summed E-state index contributed by atoms with van der Waals surface area (Å²) in [6.45, 7) is 1.58. The van der Waals surface area contributed by atoms with Gasteiger partial charge in [-0.2, -0.15) is 0 Å². The van der Waals surface area contributed by atoms with Crippen LogP contribution in [0.2, 0.25) is 0 Å². The number of ether oxygens (including phenoxy) is 1. The van der Waals surface area contributed by atoms with Gasteiger partial charge in [-0.05, 0) is 25.1 Å². The van der Waals surface area contributed by atoms with E-state index in [9.17, 15) is 18.0 Å². The summed E-state index contributed by atoms with van der Waals surface area (Å²) >= 11 is 7.06. The molecule has 0 bridgehead atoms. The number of Topliss-reactive ketones (excluding diaryl/α,β-unsaturated/α-hetero) is 1. The molecule has 0 aliphatic carbocycles. The molecule has 0 aromatic heterocycles. The van der Waals surface area contributed by atoms with E-state index < -0.39 is 16.9 Å². The minimum atomic E-state index is -4.78. The number of alkyl halides is 4. The zero-order chi connectivity index (χ0) is 13.2. The Morgan fingerprint density at radius 3 is 2.53 bits per heavy atom. The molecule has 17 heavy (non-hydrogen) atoms. The summed E-state index contributed by atoms with van der Waals surface area (Å²) in [7, 11) is 0. The zero-order valence-corrected chi connectivity index (χ0v) is 11.1. The number of benzene rings is 1. The van der Waals surface area contributed by atoms with Gasteiger partial charge in [-0.25, -0.2) is 0 Å². The van der Waals surface area contributed by atoms with Gasteiger partial charge in [0.2, 0.25) is 0 Å². The van der Waals surface area contributed by atoms with Gasteiger partial charge in [0.05, 0.1) is 4.83 Å². The molecule has 94 valence electrons. The van der Waals surface area contributed by atoms with E-state index in [4.69, 9.17) is 0 Å². The summed E-state index contributed by atoms with van der Waals surface area (Å²) in [5.41, 5.74) is 0.0828. The lowest BCUT2D eigenvalue weighted by atomic mass is 10.1. The second kappa shape index (κ2) is 5.30. The van der Waals surface area contributed by atoms with E-state index in [2.05, 4.69) is 33.3 Å². The minimum absolute atomic E-state index is 0.0828. The summed E-state index contributed by atoms with van der Waals surface area (Å²) < 4.78 is 39.7. The van der Waals surface area contributed by atoms with Crippen LogP contribution in [-0.2, 0) is 0 Å². The molecule has 0 N–H and O–H groups in total. The molecule has 1 atom stereocenters. The first-order valence-corrected chi connectivity index (χ1v) is 5.84. The van der Waals surface area contributed by atoms with Gasteiger partial charge < -0.3 is 4.74 Å². The fourth-order valence-corrected chi connectivity index (χ4v) is 1.62. The highest BCUT2D eigenvalue weighted by Crippen LogP contribution is 2.27. The first-order chi connectivity index (χ1) is 7.70. The Hall–Kier alpha value is -0.690. The smallest absolute Gasteiger partial charge is 0.406 e. The second-order valence-electron chi connectivity index (χ2n) is 3.21. The molecule has 2 nitrogen and oxygen atoms in total. The standard InChI is InChI=1S/C10H8BrF3O2S/c1-5(11)9(15)7-4-6(2-3-8(7)17)16-10(12,13)14/h2-5,17H,1H3. The van der Waals surface area contributed by atoms with Crippen LogP contribution in [0.4, 0.5) is 13.2 Å². The molecule has 0 saturated carbocycles. The number of thiol groups is 1. The predicted octanol–water partition coefficient (Wildman–Crippen LogP) is 3.84. The molecule has 0 amide bonds. The summed E-state index contributed by atoms with van der Waals surface area (Å²) in [4.78, 5) is 11.4. The van der Waals surface area contributed by atoms with Gasteiger partial charge in [-0.3, -0.25) is 4.79 Å². The van der Waals surface area contributed by atoms with Crippen molar-refractivity contribution in [2.24, 2.45) is 0 Å². The Kier molecular flexibility index (Phi) is 4.48. The van der Waals surface area contributed by atoms with Crippen LogP contribution in [0.25, 0.3) is 0 Å². The molecule has 1 aromatic rings. The Bertz CT molecular complexity index is 432. The monoisotopic (exact) mass is 328 g/mol. The zero-order valence-electron chi connectivity index (χ0n) is 8.58. The molecule has 0 aliphatic rings. The van der Waals surface area contributed by atoms with Crippen molar-refractivity contribution in [3.05, 3.63) is 23.8 Å². The highest BCUT2D eigenvalue weighted by molar-refractivity contribution is 9.10. The summed E-state index contributed by atoms with van der Waals surface area (Å²) in [6.07, 6.45) is -4.78. The van der Waals surface area contributed by atoms with E-state index in [0.717, 1.165) is 12.1 Å². The number of ketones is 1. The van der Waals surface area contributed by atoms with Crippen LogP contribution in [0.5, 0.6) is 5.75 Å². The summed E-state index contributed by atoms with van der Waals surface area (Å²) in [6, 6.07) is 3.41. The van der Waals surface area contributed by atoms with Crippen LogP contribution in [0.15, 0.2) is 23.1 Å². The van der Waals surface area contributed by atoms with Crippen molar-refractivity contribution in [1.29, 1.82) is 0 Å². The Balaban J connectivity index is 3.07. The van der Waals surface area contributed by atoms with Crippen LogP contribution < -0.4 is 4.74 Å². The van der Waals surface area contributed by atoms with Gasteiger partial charge in [0.15, 0.2) is 5.78 Å². The van der Waals surface area contributed by atoms with Crippen molar-refractivity contribution in [2.45, 2.75) is 23.0 Å². The maximum atomic E-state index is 12.0. The fraction of sp³-hybridized carbons (Fsp3) is 0.300. The normalized spacial score (nSPS) is 13.3. The van der Waals surface area contributed by atoms with E-state index in [-0.39, 0.29) is 11.3 Å². The number of carbonyl (C=O) groups is 1. The largest absolute Gasteiger partial charge is 0.573 e. The van der Waals surface area contributed by atoms with Crippen LogP contribution in [0.1, 0.15) is 17.3 Å². The average molecular weight is 329 g/mol. The van der Waals surface area contributed by atoms with E-state index >= 15 is 0 Å². The fourth-order valence-electron chi connectivity index (χ4n) is 1.12. The van der Waals surface area contributed by atoms with Gasteiger partial charge in [0, 0.05) is 10.5 Å². The average Bonchev–Trinajstić information content (AvgIpc) is 2.17. The minimum Gasteiger partial charge on any atom is -0.406 e. The maximum absolute atomic E-state index is 12.0. The van der Waals surface area contributed by atoms with Gasteiger partial charge >= 0.3 is 6.36 Å². The molecule has 0 spiro atoms. The number of rotatable bonds is 3. The van der Waals surface area contributed by atoms with Crippen molar-refractivity contribution >= 4 is 34.3 Å². The predicted molar refractivity (Wildman–Crippen MR) is 63.1 cm³/mol. The lowest BCUT2D eigenvalue weighted by molar-refractivity contribution is -0.274. The number of carbonyl (C=O) groups excluding carboxylic acids is 1. The van der Waals surface area contributed by atoms with E-state index in [1.54, 1.807) is 6.92 Å². The number of hydrogen-bond donors (Lipinski definition) is 1. The third-order valence-corrected chi connectivity index (χ3v) is 2.63. The molecular formula is C10H8BrF3O2S. The van der Waals surface area contributed by atoms with Gasteiger partial charge in [0.1, 0.15) is 5.75 Å². The molecule has 0 radical (unpaired) electrons. The number of hydrogen-bond acceptors (Lipinski definition) is 3. The van der Waals surface area contributed by atoms with Crippen LogP contribution in [0.3, 0.4) is 0 Å². The van der Waals surface area contributed by atoms with Crippen LogP contribution in [-0.4, -0.2) is 17.0 Å². The first kappa shape index (κ1) is 14.4. The summed E-state index contributed by atoms with van der Waals surface area (Å²) in [5.74, 6) is -0.797. The third kappa shape index (κ3) is 4.23. The molecular weight excluding hydrogens is 321 g/mol. The van der Waals surface area contributed by atoms with Crippen molar-refractivity contribution in [1.82, 2.24) is 0 Å². The van der Waals surface area contributed by atoms with Crippen molar-refractivity contribution in [2.75, 3.05) is 0 Å². The lowest BCUT2D eigenvalue weighted by Crippen LogP contribution is -2.18. The van der Waals surface area contributed by atoms with Crippen molar-refractivity contribution in [3.63, 3.8) is 0 Å². The quantitative estimate of drug-likeness (QED) is 0.518. The van der Waals surface area contributed by atoms with E-state index in [0.29, 0.717) is 4.90 Å². The molecule has 1 rings (SSSR count). The molecule has 1 aromatic carbocycles. The topological polar surface area (TPSA) is 26.3 Å². The SMILES string of the molecule is CC(Br)C(=O)c1cc(OC(F)(F)F)ccc1S. The Labute approximate surface area is 110 Å². The second-order valence-corrected chi connectivity index (χ2v) is 5.06. The van der Waals surface area contributed by atoms with Crippen LogP contribution in [0, 0.1) is 0 Å². The Morgan fingerprint density at radius 2 is 2.06 bits per heavy atom. The van der Waals surface area contributed by atoms with Gasteiger partial charge in [0.25, 0.3) is 0 Å². The molecule has 0 aliphatic heterocycles. The molecule has 0 fully saturated rings. The first-order valence-electron chi connectivity index (χ1n) is 4.48.